The van der Waals surface area contributed by atoms with Crippen molar-refractivity contribution in [2.45, 2.75) is 161 Å². The molecule has 0 rings (SSSR count). The van der Waals surface area contributed by atoms with Crippen LogP contribution in [0.4, 0.5) is 0 Å². The Balaban J connectivity index is 4.39. The van der Waals surface area contributed by atoms with Crippen molar-refractivity contribution in [1.29, 1.82) is 0 Å². The molecule has 8 heteroatoms. The molecule has 2 unspecified atom stereocenters. The van der Waals surface area contributed by atoms with Gasteiger partial charge in [-0.05, 0) is 25.7 Å². The molecule has 0 aromatic rings. The molecule has 0 saturated heterocycles. The number of carboxylic acid groups (broad SMARTS) is 1. The number of aliphatic carboxylic acids is 1. The zero-order chi connectivity index (χ0) is 34.3. The van der Waals surface area contributed by atoms with Crippen molar-refractivity contribution in [2.24, 2.45) is 0 Å². The molecule has 2 atom stereocenters. The number of carboxylic acids is 1. The molecule has 0 aliphatic carbocycles. The van der Waals surface area contributed by atoms with Crippen LogP contribution in [-0.2, 0) is 28.6 Å². The van der Waals surface area contributed by atoms with Crippen molar-refractivity contribution < 1.29 is 38.2 Å². The first-order chi connectivity index (χ1) is 22.1. The second kappa shape index (κ2) is 30.2. The topological polar surface area (TPSA) is 102 Å². The van der Waals surface area contributed by atoms with Crippen LogP contribution in [0.15, 0.2) is 24.3 Å². The molecule has 46 heavy (non-hydrogen) atoms. The van der Waals surface area contributed by atoms with Crippen LogP contribution >= 0.6 is 0 Å². The number of ether oxygens (including phenoxy) is 3. The predicted octanol–water partition coefficient (Wildman–Crippen LogP) is 7.63. The first-order valence-corrected chi connectivity index (χ1v) is 18.4. The summed E-state index contributed by atoms with van der Waals surface area (Å²) in [5, 5.41) is 11.5. The van der Waals surface area contributed by atoms with Crippen LogP contribution in [0.2, 0.25) is 0 Å². The molecule has 0 amide bonds. The van der Waals surface area contributed by atoms with Crippen molar-refractivity contribution in [2.75, 3.05) is 41.0 Å². The second-order valence-corrected chi connectivity index (χ2v) is 13.4. The lowest BCUT2D eigenvalue weighted by Crippen LogP contribution is -2.55. The van der Waals surface area contributed by atoms with Gasteiger partial charge in [-0.25, -0.2) is 0 Å². The Morgan fingerprint density at radius 1 is 0.674 bits per heavy atom. The predicted molar refractivity (Wildman–Crippen MR) is 185 cm³/mol. The lowest BCUT2D eigenvalue weighted by Gasteiger charge is -2.34. The molecule has 0 N–H and O–H groups in total. The molecule has 0 fully saturated rings. The Kier molecular flexibility index (Phi) is 28.7. The highest BCUT2D eigenvalue weighted by atomic mass is 16.6. The molecule has 0 saturated carbocycles. The fourth-order valence-electron chi connectivity index (χ4n) is 5.25. The van der Waals surface area contributed by atoms with Crippen LogP contribution in [-0.4, -0.2) is 75.5 Å². The van der Waals surface area contributed by atoms with Crippen molar-refractivity contribution in [1.82, 2.24) is 0 Å². The maximum Gasteiger partial charge on any atom is 0.306 e. The van der Waals surface area contributed by atoms with E-state index < -0.39 is 18.1 Å². The molecule has 0 heterocycles. The number of unbranched alkanes of at least 4 members (excludes halogenated alkanes) is 14. The number of carbonyl (C=O) groups excluding carboxylic acids is 3. The van der Waals surface area contributed by atoms with Gasteiger partial charge < -0.3 is 28.6 Å². The zero-order valence-corrected chi connectivity index (χ0v) is 30.2. The monoisotopic (exact) mass is 652 g/mol. The Bertz CT molecular complexity index is 818. The van der Waals surface area contributed by atoms with Crippen molar-refractivity contribution in [3.05, 3.63) is 24.3 Å². The summed E-state index contributed by atoms with van der Waals surface area (Å²) in [5.41, 5.74) is 0. The maximum atomic E-state index is 12.6. The van der Waals surface area contributed by atoms with Crippen LogP contribution in [0.3, 0.4) is 0 Å². The zero-order valence-electron chi connectivity index (χ0n) is 30.2. The maximum absolute atomic E-state index is 12.6. The van der Waals surface area contributed by atoms with E-state index in [0.717, 1.165) is 32.1 Å². The number of nitrogens with zero attached hydrogens (tertiary/aromatic N) is 1. The van der Waals surface area contributed by atoms with Gasteiger partial charge in [0.1, 0.15) is 12.6 Å². The van der Waals surface area contributed by atoms with Crippen molar-refractivity contribution in [3.63, 3.8) is 0 Å². The summed E-state index contributed by atoms with van der Waals surface area (Å²) in [5.74, 6) is -1.83. The van der Waals surface area contributed by atoms with Crippen LogP contribution in [0.25, 0.3) is 0 Å². The van der Waals surface area contributed by atoms with E-state index in [0.29, 0.717) is 12.8 Å². The van der Waals surface area contributed by atoms with E-state index in [2.05, 4.69) is 26.0 Å². The van der Waals surface area contributed by atoms with E-state index in [9.17, 15) is 19.5 Å². The minimum Gasteiger partial charge on any atom is -0.544 e. The lowest BCUT2D eigenvalue weighted by atomic mass is 10.0. The Hall–Kier alpha value is -2.19. The van der Waals surface area contributed by atoms with Gasteiger partial charge in [0.25, 0.3) is 0 Å². The molecule has 0 spiro atoms. The Labute approximate surface area is 281 Å². The third-order valence-electron chi connectivity index (χ3n) is 8.12. The summed E-state index contributed by atoms with van der Waals surface area (Å²) < 4.78 is 16.9. The van der Waals surface area contributed by atoms with E-state index in [-0.39, 0.29) is 49.1 Å². The highest BCUT2D eigenvalue weighted by Crippen LogP contribution is 2.14. The molecule has 0 aromatic heterocycles. The van der Waals surface area contributed by atoms with Gasteiger partial charge in [-0.1, -0.05) is 128 Å². The van der Waals surface area contributed by atoms with E-state index >= 15 is 0 Å². The third-order valence-corrected chi connectivity index (χ3v) is 8.12. The minimum absolute atomic E-state index is 0.0262. The molecule has 8 nitrogen and oxygen atoms in total. The van der Waals surface area contributed by atoms with Gasteiger partial charge in [-0.2, -0.15) is 0 Å². The van der Waals surface area contributed by atoms with E-state index in [1.807, 2.05) is 12.2 Å². The highest BCUT2D eigenvalue weighted by molar-refractivity contribution is 5.70. The molecule has 0 aliphatic heterocycles. The number of rotatable bonds is 32. The van der Waals surface area contributed by atoms with Crippen LogP contribution in [0.5, 0.6) is 0 Å². The van der Waals surface area contributed by atoms with E-state index in [1.54, 1.807) is 21.1 Å². The quantitative estimate of drug-likeness (QED) is 0.0319. The molecular formula is C38H69NO7. The van der Waals surface area contributed by atoms with Crippen molar-refractivity contribution >= 4 is 17.9 Å². The smallest absolute Gasteiger partial charge is 0.306 e. The number of hydrogen-bond donors (Lipinski definition) is 0. The number of likely N-dealkylation sites (N-methyl/N-ethyl adjacent to an activating group) is 1. The molecule has 0 aromatic carbocycles. The highest BCUT2D eigenvalue weighted by Gasteiger charge is 2.25. The first kappa shape index (κ1) is 43.8. The fraction of sp³-hybridized carbons (Fsp3) is 0.816. The Morgan fingerprint density at radius 2 is 1.22 bits per heavy atom. The summed E-state index contributed by atoms with van der Waals surface area (Å²) in [6.45, 7) is 4.44. The average Bonchev–Trinajstić information content (AvgIpc) is 3.00. The van der Waals surface area contributed by atoms with Crippen molar-refractivity contribution in [3.8, 4) is 0 Å². The molecular weight excluding hydrogens is 582 g/mol. The average molecular weight is 652 g/mol. The summed E-state index contributed by atoms with van der Waals surface area (Å²) >= 11 is 0. The molecule has 0 bridgehead atoms. The lowest BCUT2D eigenvalue weighted by molar-refractivity contribution is -0.889. The molecule has 268 valence electrons. The van der Waals surface area contributed by atoms with Gasteiger partial charge in [0.15, 0.2) is 6.10 Å². The van der Waals surface area contributed by atoms with Crippen LogP contribution in [0, 0.1) is 0 Å². The van der Waals surface area contributed by atoms with E-state index in [4.69, 9.17) is 14.2 Å². The number of esters is 2. The SMILES string of the molecule is CC/C=C/C/C=C/CCC(=O)OCC(COCCC(C(=O)[O-])[N+](C)(C)C)OC(=O)CCCCCCCCCCCCCCCCC. The van der Waals surface area contributed by atoms with Gasteiger partial charge in [0, 0.05) is 19.3 Å². The summed E-state index contributed by atoms with van der Waals surface area (Å²) in [6, 6.07) is -0.727. The summed E-state index contributed by atoms with van der Waals surface area (Å²) in [7, 11) is 5.37. The standard InChI is InChI=1S/C38H69NO7/c1-6-8-10-12-14-15-16-17-18-19-20-21-23-25-27-29-37(41)46-34(32-44-31-30-35(38(42)43)39(3,4)5)33-45-36(40)28-26-24-22-13-11-9-7-2/h9,11,22,24,34-35H,6-8,10,12-21,23,25-33H2,1-5H3/b11-9+,24-22+. The minimum atomic E-state index is -1.13. The third kappa shape index (κ3) is 28.1. The van der Waals surface area contributed by atoms with Gasteiger partial charge in [-0.3, -0.25) is 9.59 Å². The number of carbonyl (C=O) groups is 3. The Morgan fingerprint density at radius 3 is 1.74 bits per heavy atom. The first-order valence-electron chi connectivity index (χ1n) is 18.4. The largest absolute Gasteiger partial charge is 0.544 e. The second-order valence-electron chi connectivity index (χ2n) is 13.4. The van der Waals surface area contributed by atoms with Crippen LogP contribution < -0.4 is 5.11 Å². The number of quaternary nitrogens is 1. The number of hydrogen-bond acceptors (Lipinski definition) is 7. The normalized spacial score (nSPS) is 13.3. The molecule has 0 radical (unpaired) electrons. The summed E-state index contributed by atoms with van der Waals surface area (Å²) in [6.07, 6.45) is 29.5. The van der Waals surface area contributed by atoms with Gasteiger partial charge in [-0.15, -0.1) is 0 Å². The van der Waals surface area contributed by atoms with Crippen LogP contribution in [0.1, 0.15) is 149 Å². The van der Waals surface area contributed by atoms with Gasteiger partial charge >= 0.3 is 11.9 Å². The summed E-state index contributed by atoms with van der Waals surface area (Å²) in [4.78, 5) is 36.4. The van der Waals surface area contributed by atoms with E-state index in [1.165, 1.54) is 77.0 Å². The van der Waals surface area contributed by atoms with Gasteiger partial charge in [0.2, 0.25) is 0 Å². The van der Waals surface area contributed by atoms with Gasteiger partial charge in [0.05, 0.1) is 40.3 Å². The fourth-order valence-corrected chi connectivity index (χ4v) is 5.25. The molecule has 0 aliphatic rings. The number of allylic oxidation sites excluding steroid dienone is 4.